The molecule has 4 N–H and O–H groups in total. The number of rotatable bonds is 8. The summed E-state index contributed by atoms with van der Waals surface area (Å²) >= 11 is 0. The minimum absolute atomic E-state index is 0.0709. The standard InChI is InChI=1S/C26H25N5O3/c27-24(32)23-17-22(30-31(23)19-11-5-2-6-12-19)26(34)29-21-14-8-7-13-20(21)25(33)28-16-15-18-9-3-1-4-10-18/h1-14,23H,15-17H2,(H2,27,32)(H,28,33)(H,29,34)/t23-/m0/s1. The van der Waals surface area contributed by atoms with Crippen LogP contribution in [0.3, 0.4) is 0 Å². The summed E-state index contributed by atoms with van der Waals surface area (Å²) in [5, 5.41) is 11.5. The number of benzene rings is 3. The van der Waals surface area contributed by atoms with E-state index in [4.69, 9.17) is 5.73 Å². The largest absolute Gasteiger partial charge is 0.368 e. The van der Waals surface area contributed by atoms with Crippen molar-refractivity contribution in [1.29, 1.82) is 0 Å². The molecule has 0 fully saturated rings. The molecule has 0 radical (unpaired) electrons. The van der Waals surface area contributed by atoms with Gasteiger partial charge in [-0.25, -0.2) is 0 Å². The lowest BCUT2D eigenvalue weighted by molar-refractivity contribution is -0.119. The Hall–Kier alpha value is -4.46. The number of amides is 3. The molecule has 8 heteroatoms. The van der Waals surface area contributed by atoms with E-state index in [1.165, 1.54) is 5.01 Å². The number of hydrogen-bond acceptors (Lipinski definition) is 5. The molecule has 34 heavy (non-hydrogen) atoms. The molecule has 3 aromatic carbocycles. The summed E-state index contributed by atoms with van der Waals surface area (Å²) < 4.78 is 0. The second kappa shape index (κ2) is 10.4. The Bertz CT molecular complexity index is 1210. The van der Waals surface area contributed by atoms with E-state index in [-0.39, 0.29) is 18.0 Å². The molecule has 0 aliphatic carbocycles. The Kier molecular flexibility index (Phi) is 6.98. The van der Waals surface area contributed by atoms with Crippen molar-refractivity contribution in [2.45, 2.75) is 18.9 Å². The van der Waals surface area contributed by atoms with Gasteiger partial charge >= 0.3 is 0 Å². The third kappa shape index (κ3) is 5.29. The van der Waals surface area contributed by atoms with Crippen molar-refractivity contribution in [3.05, 3.63) is 96.1 Å². The first-order valence-corrected chi connectivity index (χ1v) is 11.0. The maximum absolute atomic E-state index is 13.0. The molecule has 3 aromatic rings. The Morgan fingerprint density at radius 3 is 2.24 bits per heavy atom. The van der Waals surface area contributed by atoms with Crippen molar-refractivity contribution in [2.24, 2.45) is 10.8 Å². The number of hydrazone groups is 1. The SMILES string of the molecule is NC(=O)[C@@H]1CC(C(=O)Nc2ccccc2C(=O)NCCc2ccccc2)=NN1c1ccccc1. The Balaban J connectivity index is 1.45. The van der Waals surface area contributed by atoms with Crippen molar-refractivity contribution in [2.75, 3.05) is 16.9 Å². The molecule has 1 aliphatic heterocycles. The molecule has 0 aromatic heterocycles. The van der Waals surface area contributed by atoms with Gasteiger partial charge in [0.05, 0.1) is 16.9 Å². The van der Waals surface area contributed by atoms with E-state index in [1.54, 1.807) is 36.4 Å². The summed E-state index contributed by atoms with van der Waals surface area (Å²) in [6.45, 7) is 0.462. The first-order chi connectivity index (χ1) is 16.5. The number of para-hydroxylation sites is 2. The second-order valence-corrected chi connectivity index (χ2v) is 7.84. The summed E-state index contributed by atoms with van der Waals surface area (Å²) in [5.74, 6) is -1.36. The Morgan fingerprint density at radius 1 is 0.882 bits per heavy atom. The Labute approximate surface area is 197 Å². The van der Waals surface area contributed by atoms with Crippen LogP contribution in [0.2, 0.25) is 0 Å². The predicted octanol–water partition coefficient (Wildman–Crippen LogP) is 2.72. The highest BCUT2D eigenvalue weighted by Crippen LogP contribution is 2.25. The number of nitrogens with two attached hydrogens (primary N) is 1. The topological polar surface area (TPSA) is 117 Å². The number of nitrogens with one attached hydrogen (secondary N) is 2. The zero-order valence-corrected chi connectivity index (χ0v) is 18.5. The van der Waals surface area contributed by atoms with Gasteiger partial charge in [0.1, 0.15) is 11.8 Å². The van der Waals surface area contributed by atoms with Gasteiger partial charge in [0.25, 0.3) is 11.8 Å². The van der Waals surface area contributed by atoms with Gasteiger partial charge < -0.3 is 16.4 Å². The van der Waals surface area contributed by atoms with Gasteiger partial charge in [-0.1, -0.05) is 60.7 Å². The van der Waals surface area contributed by atoms with Gasteiger partial charge in [0, 0.05) is 13.0 Å². The summed E-state index contributed by atoms with van der Waals surface area (Å²) in [6.07, 6.45) is 0.767. The fourth-order valence-electron chi connectivity index (χ4n) is 3.73. The van der Waals surface area contributed by atoms with Crippen LogP contribution in [0, 0.1) is 0 Å². The first-order valence-electron chi connectivity index (χ1n) is 11.0. The average molecular weight is 456 g/mol. The summed E-state index contributed by atoms with van der Waals surface area (Å²) in [7, 11) is 0. The molecule has 0 bridgehead atoms. The van der Waals surface area contributed by atoms with Crippen molar-refractivity contribution >= 4 is 34.8 Å². The number of carbonyl (C=O) groups excluding carboxylic acids is 3. The lowest BCUT2D eigenvalue weighted by Gasteiger charge is -2.20. The van der Waals surface area contributed by atoms with Crippen LogP contribution in [0.1, 0.15) is 22.3 Å². The van der Waals surface area contributed by atoms with Gasteiger partial charge in [-0.05, 0) is 36.2 Å². The molecular weight excluding hydrogens is 430 g/mol. The van der Waals surface area contributed by atoms with Crippen molar-refractivity contribution in [3.8, 4) is 0 Å². The Morgan fingerprint density at radius 2 is 1.53 bits per heavy atom. The highest BCUT2D eigenvalue weighted by atomic mass is 16.2. The van der Waals surface area contributed by atoms with Gasteiger partial charge in [-0.15, -0.1) is 0 Å². The van der Waals surface area contributed by atoms with E-state index in [9.17, 15) is 14.4 Å². The van der Waals surface area contributed by atoms with Crippen LogP contribution in [-0.4, -0.2) is 36.0 Å². The van der Waals surface area contributed by atoms with Crippen LogP contribution in [0.25, 0.3) is 0 Å². The van der Waals surface area contributed by atoms with Gasteiger partial charge in [-0.2, -0.15) is 5.10 Å². The number of carbonyl (C=O) groups is 3. The highest BCUT2D eigenvalue weighted by Gasteiger charge is 2.35. The summed E-state index contributed by atoms with van der Waals surface area (Å²) in [5.41, 5.74) is 8.20. The second-order valence-electron chi connectivity index (χ2n) is 7.84. The van der Waals surface area contributed by atoms with E-state index >= 15 is 0 Å². The maximum atomic E-state index is 13.0. The van der Waals surface area contributed by atoms with Crippen LogP contribution < -0.4 is 21.4 Å². The van der Waals surface area contributed by atoms with Crippen molar-refractivity contribution in [3.63, 3.8) is 0 Å². The van der Waals surface area contributed by atoms with Crippen LogP contribution >= 0.6 is 0 Å². The van der Waals surface area contributed by atoms with E-state index in [1.807, 2.05) is 48.5 Å². The number of hydrogen-bond donors (Lipinski definition) is 3. The van der Waals surface area contributed by atoms with Crippen LogP contribution in [-0.2, 0) is 16.0 Å². The molecule has 0 saturated carbocycles. The number of anilines is 2. The van der Waals surface area contributed by atoms with Gasteiger partial charge in [-0.3, -0.25) is 19.4 Å². The van der Waals surface area contributed by atoms with Gasteiger partial charge in [0.15, 0.2) is 0 Å². The fourth-order valence-corrected chi connectivity index (χ4v) is 3.73. The maximum Gasteiger partial charge on any atom is 0.271 e. The van der Waals surface area contributed by atoms with Crippen molar-refractivity contribution in [1.82, 2.24) is 5.32 Å². The molecular formula is C26H25N5O3. The quantitative estimate of drug-likeness (QED) is 0.484. The van der Waals surface area contributed by atoms with E-state index < -0.39 is 17.9 Å². The zero-order valence-electron chi connectivity index (χ0n) is 18.5. The van der Waals surface area contributed by atoms with E-state index in [2.05, 4.69) is 15.7 Å². The first kappa shape index (κ1) is 22.7. The normalized spacial score (nSPS) is 14.9. The van der Waals surface area contributed by atoms with E-state index in [0.29, 0.717) is 29.9 Å². The molecule has 1 aliphatic rings. The minimum Gasteiger partial charge on any atom is -0.368 e. The minimum atomic E-state index is -0.764. The lowest BCUT2D eigenvalue weighted by atomic mass is 10.1. The van der Waals surface area contributed by atoms with Crippen molar-refractivity contribution < 1.29 is 14.4 Å². The third-order valence-corrected chi connectivity index (χ3v) is 5.48. The molecule has 172 valence electrons. The predicted molar refractivity (Wildman–Crippen MR) is 132 cm³/mol. The third-order valence-electron chi connectivity index (χ3n) is 5.48. The molecule has 3 amide bonds. The van der Waals surface area contributed by atoms with Gasteiger partial charge in [0.2, 0.25) is 5.91 Å². The summed E-state index contributed by atoms with van der Waals surface area (Å²) in [6, 6.07) is 24.9. The zero-order chi connectivity index (χ0) is 23.9. The molecule has 0 unspecified atom stereocenters. The molecule has 1 atom stereocenters. The molecule has 0 saturated heterocycles. The molecule has 8 nitrogen and oxygen atoms in total. The smallest absolute Gasteiger partial charge is 0.271 e. The fraction of sp³-hybridized carbons (Fsp3) is 0.154. The molecule has 0 spiro atoms. The number of primary amides is 1. The van der Waals surface area contributed by atoms with Crippen LogP contribution in [0.15, 0.2) is 90.0 Å². The monoisotopic (exact) mass is 455 g/mol. The molecule has 4 rings (SSSR count). The summed E-state index contributed by atoms with van der Waals surface area (Å²) in [4.78, 5) is 37.7. The van der Waals surface area contributed by atoms with Crippen LogP contribution in [0.4, 0.5) is 11.4 Å². The highest BCUT2D eigenvalue weighted by molar-refractivity contribution is 6.44. The van der Waals surface area contributed by atoms with Crippen LogP contribution in [0.5, 0.6) is 0 Å². The lowest BCUT2D eigenvalue weighted by Crippen LogP contribution is -2.39. The number of nitrogens with zero attached hydrogens (tertiary/aromatic N) is 2. The van der Waals surface area contributed by atoms with E-state index in [0.717, 1.165) is 5.56 Å². The molecule has 1 heterocycles. The average Bonchev–Trinajstić information content (AvgIpc) is 3.32.